The summed E-state index contributed by atoms with van der Waals surface area (Å²) < 4.78 is 0. The molecule has 0 saturated heterocycles. The average Bonchev–Trinajstić information content (AvgIpc) is 2.47. The fourth-order valence-corrected chi connectivity index (χ4v) is 1.25. The normalized spacial score (nSPS) is 25.5. The summed E-state index contributed by atoms with van der Waals surface area (Å²) in [6.07, 6.45) is 5.95. The van der Waals surface area contributed by atoms with Crippen molar-refractivity contribution in [2.75, 3.05) is 19.7 Å². The van der Waals surface area contributed by atoms with E-state index in [0.717, 1.165) is 13.1 Å². The maximum absolute atomic E-state index is 8.89. The number of hydrogen-bond acceptors (Lipinski definition) is 2. The maximum Gasteiger partial charge on any atom is 0.0622 e. The number of aliphatic hydroxyl groups excluding tert-OH is 1. The molecule has 62 valence electrons. The lowest BCUT2D eigenvalue weighted by Crippen LogP contribution is -2.32. The van der Waals surface area contributed by atoms with Crippen molar-refractivity contribution in [2.45, 2.75) is 6.04 Å². The zero-order valence-electron chi connectivity index (χ0n) is 6.28. The van der Waals surface area contributed by atoms with Crippen LogP contribution < -0.4 is 0 Å². The second-order valence-corrected chi connectivity index (χ2v) is 2.75. The first kappa shape index (κ1) is 8.78. The highest BCUT2D eigenvalue weighted by Gasteiger charge is 2.16. The SMILES string of the molecule is OCC1C=CCN1C/C=C/Cl. The summed E-state index contributed by atoms with van der Waals surface area (Å²) in [5, 5.41) is 8.89. The van der Waals surface area contributed by atoms with E-state index in [1.165, 1.54) is 5.54 Å². The van der Waals surface area contributed by atoms with Crippen LogP contribution in [0.5, 0.6) is 0 Å². The lowest BCUT2D eigenvalue weighted by molar-refractivity contribution is 0.186. The van der Waals surface area contributed by atoms with Crippen molar-refractivity contribution in [1.82, 2.24) is 4.90 Å². The molecule has 2 nitrogen and oxygen atoms in total. The molecule has 11 heavy (non-hydrogen) atoms. The van der Waals surface area contributed by atoms with Crippen molar-refractivity contribution < 1.29 is 5.11 Å². The zero-order chi connectivity index (χ0) is 8.10. The van der Waals surface area contributed by atoms with Crippen molar-refractivity contribution >= 4 is 11.6 Å². The van der Waals surface area contributed by atoms with Crippen LogP contribution in [0.3, 0.4) is 0 Å². The van der Waals surface area contributed by atoms with Crippen molar-refractivity contribution in [1.29, 1.82) is 0 Å². The van der Waals surface area contributed by atoms with Crippen LogP contribution in [0.15, 0.2) is 23.8 Å². The van der Waals surface area contributed by atoms with Gasteiger partial charge in [0.2, 0.25) is 0 Å². The lowest BCUT2D eigenvalue weighted by atomic mass is 10.3. The molecule has 0 spiro atoms. The third kappa shape index (κ3) is 2.33. The molecule has 0 radical (unpaired) electrons. The Bertz CT molecular complexity index is 167. The molecule has 3 heteroatoms. The molecular weight excluding hydrogens is 162 g/mol. The Hall–Kier alpha value is -0.310. The molecule has 1 heterocycles. The van der Waals surface area contributed by atoms with Gasteiger partial charge in [0.25, 0.3) is 0 Å². The Kier molecular flexibility index (Phi) is 3.63. The van der Waals surface area contributed by atoms with Gasteiger partial charge in [-0.05, 0) is 0 Å². The molecule has 1 atom stereocenters. The molecule has 0 aromatic heterocycles. The standard InChI is InChI=1S/C8H12ClNO/c9-4-2-6-10-5-1-3-8(10)7-11/h1-4,8,11H,5-7H2/b4-2+. The van der Waals surface area contributed by atoms with Crippen LogP contribution in [0.2, 0.25) is 0 Å². The van der Waals surface area contributed by atoms with Crippen LogP contribution in [0, 0.1) is 0 Å². The highest BCUT2D eigenvalue weighted by Crippen LogP contribution is 2.08. The highest BCUT2D eigenvalue weighted by atomic mass is 35.5. The van der Waals surface area contributed by atoms with Crippen LogP contribution in [-0.2, 0) is 0 Å². The van der Waals surface area contributed by atoms with E-state index in [9.17, 15) is 0 Å². The summed E-state index contributed by atoms with van der Waals surface area (Å²) in [5.41, 5.74) is 1.51. The summed E-state index contributed by atoms with van der Waals surface area (Å²) in [6, 6.07) is 0.183. The van der Waals surface area contributed by atoms with Crippen LogP contribution in [0.25, 0.3) is 0 Å². The summed E-state index contributed by atoms with van der Waals surface area (Å²) in [7, 11) is 0. The minimum atomic E-state index is 0.183. The van der Waals surface area contributed by atoms with Gasteiger partial charge in [-0.1, -0.05) is 29.8 Å². The summed E-state index contributed by atoms with van der Waals surface area (Å²) in [4.78, 5) is 2.14. The van der Waals surface area contributed by atoms with Gasteiger partial charge in [0.15, 0.2) is 0 Å². The minimum absolute atomic E-state index is 0.183. The first-order chi connectivity index (χ1) is 5.38. The Morgan fingerprint density at radius 3 is 3.18 bits per heavy atom. The monoisotopic (exact) mass is 173 g/mol. The van der Waals surface area contributed by atoms with E-state index in [4.69, 9.17) is 16.7 Å². The van der Waals surface area contributed by atoms with E-state index < -0.39 is 0 Å². The quantitative estimate of drug-likeness (QED) is 0.643. The van der Waals surface area contributed by atoms with E-state index in [1.54, 1.807) is 0 Å². The van der Waals surface area contributed by atoms with Gasteiger partial charge in [-0.25, -0.2) is 0 Å². The van der Waals surface area contributed by atoms with Crippen LogP contribution in [0.4, 0.5) is 0 Å². The Balaban J connectivity index is 2.35. The van der Waals surface area contributed by atoms with E-state index >= 15 is 0 Å². The number of rotatable bonds is 3. The zero-order valence-corrected chi connectivity index (χ0v) is 7.04. The number of nitrogens with zero attached hydrogens (tertiary/aromatic N) is 1. The average molecular weight is 174 g/mol. The Morgan fingerprint density at radius 2 is 2.55 bits per heavy atom. The van der Waals surface area contributed by atoms with Gasteiger partial charge in [0, 0.05) is 18.6 Å². The number of halogens is 1. The molecule has 1 unspecified atom stereocenters. The second kappa shape index (κ2) is 4.54. The van der Waals surface area contributed by atoms with Crippen molar-refractivity contribution in [3.05, 3.63) is 23.8 Å². The van der Waals surface area contributed by atoms with Crippen molar-refractivity contribution in [2.24, 2.45) is 0 Å². The number of aliphatic hydroxyl groups is 1. The molecule has 1 aliphatic heterocycles. The largest absolute Gasteiger partial charge is 0.394 e. The third-order valence-electron chi connectivity index (χ3n) is 1.78. The molecule has 0 saturated carbocycles. The lowest BCUT2D eigenvalue weighted by Gasteiger charge is -2.20. The summed E-state index contributed by atoms with van der Waals surface area (Å²) in [5.74, 6) is 0. The van der Waals surface area contributed by atoms with Gasteiger partial charge < -0.3 is 5.11 Å². The Morgan fingerprint density at radius 1 is 1.73 bits per heavy atom. The van der Waals surface area contributed by atoms with Gasteiger partial charge in [0.1, 0.15) is 0 Å². The minimum Gasteiger partial charge on any atom is -0.394 e. The Labute approximate surface area is 71.8 Å². The van der Waals surface area contributed by atoms with Crippen molar-refractivity contribution in [3.8, 4) is 0 Å². The molecule has 1 aliphatic rings. The van der Waals surface area contributed by atoms with Gasteiger partial charge in [-0.3, -0.25) is 4.90 Å². The molecule has 0 amide bonds. The van der Waals surface area contributed by atoms with Gasteiger partial charge in [-0.2, -0.15) is 0 Å². The van der Waals surface area contributed by atoms with Crippen LogP contribution in [-0.4, -0.2) is 35.7 Å². The molecular formula is C8H12ClNO. The predicted octanol–water partition coefficient (Wildman–Crippen LogP) is 0.972. The topological polar surface area (TPSA) is 23.5 Å². The van der Waals surface area contributed by atoms with Gasteiger partial charge in [-0.15, -0.1) is 0 Å². The summed E-state index contributed by atoms with van der Waals surface area (Å²) >= 11 is 5.38. The van der Waals surface area contributed by atoms with Crippen LogP contribution in [0.1, 0.15) is 0 Å². The maximum atomic E-state index is 8.89. The molecule has 0 aromatic carbocycles. The third-order valence-corrected chi connectivity index (χ3v) is 1.96. The molecule has 0 bridgehead atoms. The van der Waals surface area contributed by atoms with Crippen molar-refractivity contribution in [3.63, 3.8) is 0 Å². The fourth-order valence-electron chi connectivity index (χ4n) is 1.17. The molecule has 0 aliphatic carbocycles. The smallest absolute Gasteiger partial charge is 0.0622 e. The number of hydrogen-bond donors (Lipinski definition) is 1. The van der Waals surface area contributed by atoms with Gasteiger partial charge >= 0.3 is 0 Å². The first-order valence-corrected chi connectivity index (χ1v) is 4.09. The molecule has 0 fully saturated rings. The summed E-state index contributed by atoms with van der Waals surface area (Å²) in [6.45, 7) is 1.90. The second-order valence-electron chi connectivity index (χ2n) is 2.49. The van der Waals surface area contributed by atoms with E-state index in [2.05, 4.69) is 11.0 Å². The molecule has 0 aromatic rings. The first-order valence-electron chi connectivity index (χ1n) is 3.65. The predicted molar refractivity (Wildman–Crippen MR) is 46.6 cm³/mol. The van der Waals surface area contributed by atoms with E-state index in [1.807, 2.05) is 12.2 Å². The fraction of sp³-hybridized carbons (Fsp3) is 0.500. The molecule has 1 N–H and O–H groups in total. The van der Waals surface area contributed by atoms with Crippen LogP contribution >= 0.6 is 11.6 Å². The molecule has 1 rings (SSSR count). The van der Waals surface area contributed by atoms with Gasteiger partial charge in [0.05, 0.1) is 12.6 Å². The van der Waals surface area contributed by atoms with E-state index in [0.29, 0.717) is 0 Å². The van der Waals surface area contributed by atoms with E-state index in [-0.39, 0.29) is 12.6 Å². The highest BCUT2D eigenvalue weighted by molar-refractivity contribution is 6.25.